The second-order valence-electron chi connectivity index (χ2n) is 8.52. The van der Waals surface area contributed by atoms with Gasteiger partial charge in [-0.2, -0.15) is 0 Å². The van der Waals surface area contributed by atoms with Gasteiger partial charge in [0.1, 0.15) is 0 Å². The minimum atomic E-state index is -0.456. The van der Waals surface area contributed by atoms with Crippen molar-refractivity contribution in [3.8, 4) is 5.69 Å². The summed E-state index contributed by atoms with van der Waals surface area (Å²) in [6.45, 7) is 1.90. The van der Waals surface area contributed by atoms with Crippen LogP contribution in [0.3, 0.4) is 0 Å². The van der Waals surface area contributed by atoms with Gasteiger partial charge in [0.05, 0.1) is 23.6 Å². The van der Waals surface area contributed by atoms with E-state index in [1.807, 2.05) is 19.1 Å². The van der Waals surface area contributed by atoms with Gasteiger partial charge in [-0.15, -0.1) is 0 Å². The van der Waals surface area contributed by atoms with Gasteiger partial charge in [-0.25, -0.2) is 14.3 Å². The van der Waals surface area contributed by atoms with Crippen molar-refractivity contribution in [1.82, 2.24) is 18.7 Å². The van der Waals surface area contributed by atoms with Gasteiger partial charge in [-0.1, -0.05) is 66.4 Å². The van der Waals surface area contributed by atoms with Crippen molar-refractivity contribution in [2.24, 2.45) is 0 Å². The molecule has 2 heterocycles. The maximum absolute atomic E-state index is 13.6. The van der Waals surface area contributed by atoms with Crippen LogP contribution in [0.4, 0.5) is 0 Å². The van der Waals surface area contributed by atoms with Gasteiger partial charge in [0, 0.05) is 11.6 Å². The molecular formula is C25H23ClN4O3. The zero-order valence-electron chi connectivity index (χ0n) is 18.2. The van der Waals surface area contributed by atoms with Crippen LogP contribution in [0.5, 0.6) is 0 Å². The highest BCUT2D eigenvalue weighted by Crippen LogP contribution is 2.28. The van der Waals surface area contributed by atoms with Crippen LogP contribution in [0.15, 0.2) is 64.4 Å². The minimum absolute atomic E-state index is 0.0554. The van der Waals surface area contributed by atoms with Crippen molar-refractivity contribution >= 4 is 28.5 Å². The molecule has 0 atom stereocenters. The smallest absolute Gasteiger partial charge is 0.317 e. The zero-order chi connectivity index (χ0) is 23.1. The third kappa shape index (κ3) is 3.72. The largest absolute Gasteiger partial charge is 0.337 e. The van der Waals surface area contributed by atoms with Gasteiger partial charge >= 0.3 is 5.69 Å². The zero-order valence-corrected chi connectivity index (χ0v) is 19.0. The Hall–Kier alpha value is -3.45. The predicted octanol–water partition coefficient (Wildman–Crippen LogP) is 4.31. The molecule has 2 aromatic carbocycles. The van der Waals surface area contributed by atoms with Crippen molar-refractivity contribution < 1.29 is 4.79 Å². The molecule has 8 heteroatoms. The highest BCUT2D eigenvalue weighted by atomic mass is 35.5. The number of Topliss-reactive ketones (excluding diaryl/α,β-unsaturated/α-hetero) is 1. The fraction of sp³-hybridized carbons (Fsp3) is 0.280. The van der Waals surface area contributed by atoms with E-state index in [2.05, 4.69) is 4.98 Å². The number of nitrogens with zero attached hydrogens (tertiary/aromatic N) is 4. The quantitative estimate of drug-likeness (QED) is 0.414. The molecule has 1 aliphatic rings. The van der Waals surface area contributed by atoms with Crippen LogP contribution in [0, 0.1) is 6.92 Å². The maximum atomic E-state index is 13.6. The Kier molecular flexibility index (Phi) is 5.50. The van der Waals surface area contributed by atoms with Crippen LogP contribution in [0.25, 0.3) is 16.9 Å². The van der Waals surface area contributed by atoms with E-state index >= 15 is 0 Å². The Bertz CT molecular complexity index is 1470. The highest BCUT2D eigenvalue weighted by molar-refractivity contribution is 6.32. The third-order valence-electron chi connectivity index (χ3n) is 6.32. The molecule has 0 bridgehead atoms. The van der Waals surface area contributed by atoms with Crippen molar-refractivity contribution in [2.45, 2.75) is 45.2 Å². The molecule has 168 valence electrons. The fourth-order valence-electron chi connectivity index (χ4n) is 4.59. The second-order valence-corrected chi connectivity index (χ2v) is 8.92. The number of aryl methyl sites for hydroxylation is 1. The molecule has 2 aromatic heterocycles. The topological polar surface area (TPSA) is 78.9 Å². The maximum Gasteiger partial charge on any atom is 0.337 e. The van der Waals surface area contributed by atoms with Gasteiger partial charge < -0.3 is 4.57 Å². The van der Waals surface area contributed by atoms with Gasteiger partial charge in [-0.3, -0.25) is 14.2 Å². The first kappa shape index (κ1) is 21.4. The molecule has 1 fully saturated rings. The lowest BCUT2D eigenvalue weighted by molar-refractivity contribution is 0.0973. The number of ketones is 1. The van der Waals surface area contributed by atoms with E-state index in [0.717, 1.165) is 31.2 Å². The number of fused-ring (bicyclic) bond motifs is 1. The number of halogens is 1. The number of hydrogen-bond acceptors (Lipinski definition) is 4. The molecule has 1 saturated carbocycles. The summed E-state index contributed by atoms with van der Waals surface area (Å²) in [4.78, 5) is 44.5. The number of rotatable bonds is 5. The average Bonchev–Trinajstić information content (AvgIpc) is 3.46. The summed E-state index contributed by atoms with van der Waals surface area (Å²) in [6.07, 6.45) is 4.90. The fourth-order valence-corrected chi connectivity index (χ4v) is 4.81. The molecule has 0 radical (unpaired) electrons. The normalized spacial score (nSPS) is 14.2. The van der Waals surface area contributed by atoms with Gasteiger partial charge in [-0.05, 0) is 31.9 Å². The number of para-hydroxylation sites is 1. The van der Waals surface area contributed by atoms with Gasteiger partial charge in [0.2, 0.25) is 0 Å². The first-order valence-electron chi connectivity index (χ1n) is 11.0. The molecule has 0 unspecified atom stereocenters. The molecule has 0 N–H and O–H groups in total. The molecule has 1 aliphatic carbocycles. The molecule has 0 spiro atoms. The van der Waals surface area contributed by atoms with Gasteiger partial charge in [0.15, 0.2) is 16.9 Å². The lowest BCUT2D eigenvalue weighted by Crippen LogP contribution is -2.42. The van der Waals surface area contributed by atoms with Crippen LogP contribution in [0.1, 0.15) is 47.6 Å². The SMILES string of the molecule is Cc1ccc(C(=O)Cn2cnc3c2c(=O)n(C2CCCC2)c(=O)n3-c2ccccc2Cl)cc1. The summed E-state index contributed by atoms with van der Waals surface area (Å²) < 4.78 is 4.26. The number of carbonyl (C=O) groups is 1. The number of imidazole rings is 1. The summed E-state index contributed by atoms with van der Waals surface area (Å²) in [5.74, 6) is -0.142. The van der Waals surface area contributed by atoms with E-state index in [1.54, 1.807) is 36.4 Å². The Morgan fingerprint density at radius 1 is 1.06 bits per heavy atom. The van der Waals surface area contributed by atoms with Gasteiger partial charge in [0.25, 0.3) is 5.56 Å². The van der Waals surface area contributed by atoms with Crippen LogP contribution in [-0.2, 0) is 6.54 Å². The standard InChI is InChI=1S/C25H23ClN4O3/c1-16-10-12-17(13-11-16)21(31)14-28-15-27-23-22(28)24(32)29(18-6-2-3-7-18)25(33)30(23)20-9-5-4-8-19(20)26/h4-5,8-13,15,18H,2-3,6-7,14H2,1H3. The van der Waals surface area contributed by atoms with E-state index in [-0.39, 0.29) is 29.5 Å². The average molecular weight is 463 g/mol. The summed E-state index contributed by atoms with van der Waals surface area (Å²) in [6, 6.07) is 14.1. The van der Waals surface area contributed by atoms with E-state index in [9.17, 15) is 14.4 Å². The van der Waals surface area contributed by atoms with Crippen molar-refractivity contribution in [1.29, 1.82) is 0 Å². The molecule has 5 rings (SSSR count). The lowest BCUT2D eigenvalue weighted by atomic mass is 10.1. The van der Waals surface area contributed by atoms with Crippen LogP contribution in [-0.4, -0.2) is 24.5 Å². The molecule has 0 aliphatic heterocycles. The van der Waals surface area contributed by atoms with E-state index in [4.69, 9.17) is 11.6 Å². The summed E-state index contributed by atoms with van der Waals surface area (Å²) in [5, 5.41) is 0.378. The van der Waals surface area contributed by atoms with Crippen molar-refractivity contribution in [3.05, 3.63) is 91.8 Å². The van der Waals surface area contributed by atoms with E-state index in [0.29, 0.717) is 16.3 Å². The third-order valence-corrected chi connectivity index (χ3v) is 6.64. The molecule has 33 heavy (non-hydrogen) atoms. The number of hydrogen-bond donors (Lipinski definition) is 0. The summed E-state index contributed by atoms with van der Waals surface area (Å²) >= 11 is 6.43. The molecule has 0 amide bonds. The van der Waals surface area contributed by atoms with Crippen molar-refractivity contribution in [3.63, 3.8) is 0 Å². The Balaban J connectivity index is 1.72. The first-order chi connectivity index (χ1) is 16.0. The predicted molar refractivity (Wildman–Crippen MR) is 128 cm³/mol. The molecular weight excluding hydrogens is 440 g/mol. The number of benzene rings is 2. The second kappa shape index (κ2) is 8.48. The number of aromatic nitrogens is 4. The van der Waals surface area contributed by atoms with Crippen LogP contribution >= 0.6 is 11.6 Å². The van der Waals surface area contributed by atoms with E-state index < -0.39 is 11.2 Å². The molecule has 7 nitrogen and oxygen atoms in total. The first-order valence-corrected chi connectivity index (χ1v) is 11.4. The summed E-state index contributed by atoms with van der Waals surface area (Å²) in [7, 11) is 0. The molecule has 0 saturated heterocycles. The van der Waals surface area contributed by atoms with Crippen molar-refractivity contribution in [2.75, 3.05) is 0 Å². The Morgan fingerprint density at radius 3 is 2.45 bits per heavy atom. The molecule has 4 aromatic rings. The minimum Gasteiger partial charge on any atom is -0.317 e. The van der Waals surface area contributed by atoms with Crippen LogP contribution < -0.4 is 11.2 Å². The Labute approximate surface area is 194 Å². The number of carbonyl (C=O) groups excluding carboxylic acids is 1. The highest BCUT2D eigenvalue weighted by Gasteiger charge is 2.27. The lowest BCUT2D eigenvalue weighted by Gasteiger charge is -2.17. The summed E-state index contributed by atoms with van der Waals surface area (Å²) in [5.41, 5.74) is 1.62. The van der Waals surface area contributed by atoms with E-state index in [1.165, 1.54) is 20.0 Å². The van der Waals surface area contributed by atoms with Crippen LogP contribution in [0.2, 0.25) is 5.02 Å². The monoisotopic (exact) mass is 462 g/mol. The Morgan fingerprint density at radius 2 is 1.76 bits per heavy atom.